The Morgan fingerprint density at radius 3 is 2.13 bits per heavy atom. The Kier molecular flexibility index (Phi) is 2.74. The average Bonchev–Trinajstić information content (AvgIpc) is 2.60. The second kappa shape index (κ2) is 4.81. The first-order chi connectivity index (χ1) is 11.3. The van der Waals surface area contributed by atoms with Crippen LogP contribution in [0.15, 0.2) is 83.3 Å². The average molecular weight is 357 g/mol. The van der Waals surface area contributed by atoms with Crippen molar-refractivity contribution in [1.82, 2.24) is 0 Å². The lowest BCUT2D eigenvalue weighted by Crippen LogP contribution is -1.83. The molecular formula is C22H13Br. The zero-order valence-corrected chi connectivity index (χ0v) is 14.0. The first-order valence-corrected chi connectivity index (χ1v) is 8.53. The molecule has 1 heteroatoms. The third-order valence-corrected chi connectivity index (χ3v) is 5.18. The third kappa shape index (κ3) is 1.90. The van der Waals surface area contributed by atoms with Gasteiger partial charge in [-0.3, -0.25) is 0 Å². The number of rotatable bonds is 0. The molecule has 0 fully saturated rings. The zero-order valence-electron chi connectivity index (χ0n) is 12.4. The monoisotopic (exact) mass is 356 g/mol. The van der Waals surface area contributed by atoms with Crippen LogP contribution in [0.25, 0.3) is 43.1 Å². The van der Waals surface area contributed by atoms with E-state index in [-0.39, 0.29) is 0 Å². The van der Waals surface area contributed by atoms with Crippen molar-refractivity contribution < 1.29 is 0 Å². The summed E-state index contributed by atoms with van der Waals surface area (Å²) in [5.74, 6) is 0. The molecule has 0 aliphatic rings. The van der Waals surface area contributed by atoms with Gasteiger partial charge < -0.3 is 0 Å². The van der Waals surface area contributed by atoms with E-state index in [0.29, 0.717) is 0 Å². The van der Waals surface area contributed by atoms with E-state index >= 15 is 0 Å². The Morgan fingerprint density at radius 1 is 0.478 bits per heavy atom. The number of benzene rings is 5. The van der Waals surface area contributed by atoms with E-state index in [1.165, 1.54) is 43.1 Å². The molecule has 5 aromatic rings. The van der Waals surface area contributed by atoms with Crippen molar-refractivity contribution in [2.45, 2.75) is 0 Å². The van der Waals surface area contributed by atoms with Gasteiger partial charge >= 0.3 is 0 Å². The van der Waals surface area contributed by atoms with Crippen molar-refractivity contribution in [3.8, 4) is 0 Å². The highest BCUT2D eigenvalue weighted by atomic mass is 79.9. The Balaban J connectivity index is 2.07. The molecule has 23 heavy (non-hydrogen) atoms. The number of hydrogen-bond acceptors (Lipinski definition) is 0. The van der Waals surface area contributed by atoms with Crippen LogP contribution >= 0.6 is 15.9 Å². The quantitative estimate of drug-likeness (QED) is 0.260. The van der Waals surface area contributed by atoms with Gasteiger partial charge in [0.25, 0.3) is 0 Å². The fraction of sp³-hybridized carbons (Fsp3) is 0. The Bertz CT molecular complexity index is 1220. The fourth-order valence-corrected chi connectivity index (χ4v) is 4.00. The normalized spacial score (nSPS) is 11.7. The molecule has 0 saturated carbocycles. The molecule has 5 aromatic carbocycles. The van der Waals surface area contributed by atoms with Crippen LogP contribution in [-0.4, -0.2) is 0 Å². The molecular weight excluding hydrogens is 344 g/mol. The molecule has 0 saturated heterocycles. The van der Waals surface area contributed by atoms with E-state index in [4.69, 9.17) is 0 Å². The van der Waals surface area contributed by atoms with Gasteiger partial charge in [0.2, 0.25) is 0 Å². The molecule has 0 aliphatic heterocycles. The van der Waals surface area contributed by atoms with E-state index in [9.17, 15) is 0 Å². The minimum atomic E-state index is 1.12. The maximum absolute atomic E-state index is 3.57. The minimum Gasteiger partial charge on any atom is -0.0616 e. The van der Waals surface area contributed by atoms with Crippen LogP contribution < -0.4 is 0 Å². The van der Waals surface area contributed by atoms with Gasteiger partial charge in [0.15, 0.2) is 0 Å². The lowest BCUT2D eigenvalue weighted by atomic mass is 9.94. The lowest BCUT2D eigenvalue weighted by Gasteiger charge is -2.10. The summed E-state index contributed by atoms with van der Waals surface area (Å²) in [5, 5.41) is 10.5. The summed E-state index contributed by atoms with van der Waals surface area (Å²) < 4.78 is 1.12. The summed E-state index contributed by atoms with van der Waals surface area (Å²) >= 11 is 3.57. The molecule has 0 aromatic heterocycles. The standard InChI is InChI=1S/C22H13Br/c23-17-9-12-18-16(13-17)8-11-21-20(18)10-7-15-6-5-14-3-1-2-4-19(14)22(15)21/h1-13H. The summed E-state index contributed by atoms with van der Waals surface area (Å²) in [7, 11) is 0. The number of hydrogen-bond donors (Lipinski definition) is 0. The summed E-state index contributed by atoms with van der Waals surface area (Å²) in [4.78, 5) is 0. The van der Waals surface area contributed by atoms with Crippen molar-refractivity contribution in [3.05, 3.63) is 83.3 Å². The number of halogens is 1. The highest BCUT2D eigenvalue weighted by Gasteiger charge is 2.07. The summed E-state index contributed by atoms with van der Waals surface area (Å²) in [6, 6.07) is 28.6. The van der Waals surface area contributed by atoms with Gasteiger partial charge in [-0.1, -0.05) is 82.7 Å². The van der Waals surface area contributed by atoms with Crippen molar-refractivity contribution in [1.29, 1.82) is 0 Å². The van der Waals surface area contributed by atoms with E-state index in [0.717, 1.165) is 4.47 Å². The van der Waals surface area contributed by atoms with E-state index < -0.39 is 0 Å². The Morgan fingerprint density at radius 2 is 1.17 bits per heavy atom. The van der Waals surface area contributed by atoms with Gasteiger partial charge in [0, 0.05) is 4.47 Å². The lowest BCUT2D eigenvalue weighted by molar-refractivity contribution is 1.73. The van der Waals surface area contributed by atoms with Crippen LogP contribution in [0.4, 0.5) is 0 Å². The molecule has 0 atom stereocenters. The molecule has 0 nitrogen and oxygen atoms in total. The van der Waals surface area contributed by atoms with Crippen LogP contribution in [0.5, 0.6) is 0 Å². The SMILES string of the molecule is Brc1ccc2c(ccc3c2ccc2ccc4ccccc4c23)c1. The van der Waals surface area contributed by atoms with Crippen LogP contribution in [0.2, 0.25) is 0 Å². The Labute approximate surface area is 142 Å². The number of fused-ring (bicyclic) bond motifs is 7. The summed E-state index contributed by atoms with van der Waals surface area (Å²) in [5.41, 5.74) is 0. The highest BCUT2D eigenvalue weighted by Crippen LogP contribution is 2.35. The molecule has 0 heterocycles. The first-order valence-electron chi connectivity index (χ1n) is 7.74. The predicted molar refractivity (Wildman–Crippen MR) is 104 cm³/mol. The summed E-state index contributed by atoms with van der Waals surface area (Å²) in [6.07, 6.45) is 0. The van der Waals surface area contributed by atoms with Gasteiger partial charge in [-0.2, -0.15) is 0 Å². The maximum Gasteiger partial charge on any atom is 0.0181 e. The third-order valence-electron chi connectivity index (χ3n) is 4.68. The summed E-state index contributed by atoms with van der Waals surface area (Å²) in [6.45, 7) is 0. The maximum atomic E-state index is 3.57. The molecule has 0 aliphatic carbocycles. The van der Waals surface area contributed by atoms with Crippen molar-refractivity contribution in [2.24, 2.45) is 0 Å². The van der Waals surface area contributed by atoms with Crippen LogP contribution in [0.1, 0.15) is 0 Å². The molecule has 0 N–H and O–H groups in total. The largest absolute Gasteiger partial charge is 0.0616 e. The van der Waals surface area contributed by atoms with Gasteiger partial charge in [-0.25, -0.2) is 0 Å². The van der Waals surface area contributed by atoms with Crippen molar-refractivity contribution in [2.75, 3.05) is 0 Å². The van der Waals surface area contributed by atoms with E-state index in [1.54, 1.807) is 0 Å². The molecule has 0 unspecified atom stereocenters. The molecule has 0 bridgehead atoms. The van der Waals surface area contributed by atoms with Crippen LogP contribution in [0, 0.1) is 0 Å². The minimum absolute atomic E-state index is 1.12. The van der Waals surface area contributed by atoms with Crippen molar-refractivity contribution in [3.63, 3.8) is 0 Å². The fourth-order valence-electron chi connectivity index (χ4n) is 3.62. The van der Waals surface area contributed by atoms with Crippen molar-refractivity contribution >= 4 is 59.0 Å². The van der Waals surface area contributed by atoms with Gasteiger partial charge in [-0.15, -0.1) is 0 Å². The van der Waals surface area contributed by atoms with E-state index in [1.807, 2.05) is 0 Å². The van der Waals surface area contributed by atoms with E-state index in [2.05, 4.69) is 94.8 Å². The molecule has 108 valence electrons. The smallest absolute Gasteiger partial charge is 0.0181 e. The topological polar surface area (TPSA) is 0 Å². The molecule has 0 spiro atoms. The van der Waals surface area contributed by atoms with Crippen LogP contribution in [-0.2, 0) is 0 Å². The second-order valence-electron chi connectivity index (χ2n) is 5.98. The highest BCUT2D eigenvalue weighted by molar-refractivity contribution is 9.10. The molecule has 0 radical (unpaired) electrons. The molecule has 0 amide bonds. The van der Waals surface area contributed by atoms with Crippen LogP contribution in [0.3, 0.4) is 0 Å². The van der Waals surface area contributed by atoms with Gasteiger partial charge in [0.1, 0.15) is 0 Å². The predicted octanol–water partition coefficient (Wildman–Crippen LogP) is 7.06. The Hall–Kier alpha value is -2.38. The zero-order chi connectivity index (χ0) is 15.4. The van der Waals surface area contributed by atoms with Gasteiger partial charge in [-0.05, 0) is 55.2 Å². The van der Waals surface area contributed by atoms with Gasteiger partial charge in [0.05, 0.1) is 0 Å². The molecule has 5 rings (SSSR count). The first kappa shape index (κ1) is 13.1. The second-order valence-corrected chi connectivity index (χ2v) is 6.89.